The van der Waals surface area contributed by atoms with Crippen LogP contribution in [0.15, 0.2) is 42.7 Å². The number of nitrogens with zero attached hydrogens (tertiary/aromatic N) is 3. The maximum Gasteiger partial charge on any atom is 0.255 e. The molecule has 0 aliphatic carbocycles. The number of benzene rings is 1. The lowest BCUT2D eigenvalue weighted by atomic mass is 9.98. The molecule has 6 nitrogen and oxygen atoms in total. The summed E-state index contributed by atoms with van der Waals surface area (Å²) in [4.78, 5) is 24.4. The summed E-state index contributed by atoms with van der Waals surface area (Å²) in [6.45, 7) is 9.69. The molecule has 1 saturated heterocycles. The normalized spacial score (nSPS) is 14.5. The predicted octanol–water partition coefficient (Wildman–Crippen LogP) is 4.56. The van der Waals surface area contributed by atoms with E-state index in [0.29, 0.717) is 11.3 Å². The van der Waals surface area contributed by atoms with Crippen LogP contribution in [0, 0.1) is 27.7 Å². The van der Waals surface area contributed by atoms with Gasteiger partial charge >= 0.3 is 0 Å². The Kier molecular flexibility index (Phi) is 6.24. The van der Waals surface area contributed by atoms with Gasteiger partial charge in [-0.1, -0.05) is 29.3 Å². The third kappa shape index (κ3) is 4.81. The van der Waals surface area contributed by atoms with Gasteiger partial charge in [0.05, 0.1) is 17.6 Å². The number of aromatic nitrogens is 2. The average Bonchev–Trinajstić information content (AvgIpc) is 2.73. The molecule has 3 aromatic rings. The van der Waals surface area contributed by atoms with Crippen LogP contribution in [0.5, 0.6) is 0 Å². The van der Waals surface area contributed by atoms with E-state index in [0.717, 1.165) is 54.1 Å². The van der Waals surface area contributed by atoms with E-state index < -0.39 is 0 Å². The van der Waals surface area contributed by atoms with E-state index >= 15 is 0 Å². The molecule has 0 radical (unpaired) electrons. The second kappa shape index (κ2) is 9.09. The van der Waals surface area contributed by atoms with E-state index in [2.05, 4.69) is 52.2 Å². The number of nitrogens with one attached hydrogen (secondary N) is 1. The van der Waals surface area contributed by atoms with Gasteiger partial charge in [0.1, 0.15) is 0 Å². The molecule has 1 amide bonds. The molecular weight excluding hydrogens is 398 g/mol. The fourth-order valence-corrected chi connectivity index (χ4v) is 4.51. The molecule has 0 bridgehead atoms. The Bertz CT molecular complexity index is 1110. The minimum Gasteiger partial charge on any atom is -0.369 e. The zero-order valence-corrected chi connectivity index (χ0v) is 19.3. The second-order valence-corrected chi connectivity index (χ2v) is 8.88. The number of nitrogens with two attached hydrogens (primary N) is 1. The zero-order valence-electron chi connectivity index (χ0n) is 19.3. The van der Waals surface area contributed by atoms with Gasteiger partial charge in [0.2, 0.25) is 0 Å². The van der Waals surface area contributed by atoms with Crippen LogP contribution in [0.1, 0.15) is 45.7 Å². The summed E-state index contributed by atoms with van der Waals surface area (Å²) in [5, 5.41) is 3.13. The van der Waals surface area contributed by atoms with Crippen LogP contribution in [0.4, 0.5) is 11.4 Å². The van der Waals surface area contributed by atoms with Crippen molar-refractivity contribution in [1.82, 2.24) is 9.97 Å². The first-order valence-corrected chi connectivity index (χ1v) is 11.1. The summed E-state index contributed by atoms with van der Waals surface area (Å²) in [6.07, 6.45) is 5.48. The molecule has 1 aromatic carbocycles. The minimum atomic E-state index is -0.159. The highest BCUT2D eigenvalue weighted by Gasteiger charge is 2.24. The molecule has 3 N–H and O–H groups in total. The summed E-state index contributed by atoms with van der Waals surface area (Å²) in [5.74, 6) is -0.159. The molecule has 1 aliphatic heterocycles. The van der Waals surface area contributed by atoms with Gasteiger partial charge in [-0.15, -0.1) is 0 Å². The molecule has 4 rings (SSSR count). The number of carbonyl (C=O) groups excluding carboxylic acids is 1. The summed E-state index contributed by atoms with van der Waals surface area (Å²) in [5.41, 5.74) is 14.7. The van der Waals surface area contributed by atoms with Crippen molar-refractivity contribution in [2.24, 2.45) is 5.73 Å². The van der Waals surface area contributed by atoms with E-state index in [4.69, 9.17) is 5.73 Å². The summed E-state index contributed by atoms with van der Waals surface area (Å²) < 4.78 is 0. The average molecular weight is 430 g/mol. The van der Waals surface area contributed by atoms with Gasteiger partial charge in [-0.25, -0.2) is 0 Å². The first-order chi connectivity index (χ1) is 15.3. The van der Waals surface area contributed by atoms with Gasteiger partial charge < -0.3 is 16.0 Å². The maximum atomic E-state index is 13.2. The van der Waals surface area contributed by atoms with E-state index in [1.165, 1.54) is 11.1 Å². The van der Waals surface area contributed by atoms with Gasteiger partial charge in [0.25, 0.3) is 5.91 Å². The van der Waals surface area contributed by atoms with Crippen LogP contribution in [0.25, 0.3) is 11.1 Å². The Morgan fingerprint density at radius 2 is 1.59 bits per heavy atom. The number of piperidine rings is 1. The van der Waals surface area contributed by atoms with E-state index in [1.54, 1.807) is 6.20 Å². The summed E-state index contributed by atoms with van der Waals surface area (Å²) in [7, 11) is 0. The van der Waals surface area contributed by atoms with Crippen molar-refractivity contribution in [3.8, 4) is 11.1 Å². The Morgan fingerprint density at radius 1 is 0.969 bits per heavy atom. The van der Waals surface area contributed by atoms with Crippen molar-refractivity contribution in [3.63, 3.8) is 0 Å². The van der Waals surface area contributed by atoms with E-state index in [9.17, 15) is 4.79 Å². The van der Waals surface area contributed by atoms with Crippen molar-refractivity contribution in [1.29, 1.82) is 0 Å². The Hall–Kier alpha value is -3.25. The third-order valence-corrected chi connectivity index (χ3v) is 5.90. The Balaban J connectivity index is 1.78. The molecule has 2 aromatic heterocycles. The highest BCUT2D eigenvalue weighted by Crippen LogP contribution is 2.38. The standard InChI is InChI=1S/C26H31N5O/c1-16-9-17(2)11-20(10-16)23-14-28-15-24(25(23)31-7-5-22(27)6-8-31)30-26(32)21-12-18(3)29-19(4)13-21/h9-15,22H,5-8,27H2,1-4H3,(H,30,32). The van der Waals surface area contributed by atoms with Crippen molar-refractivity contribution in [2.75, 3.05) is 23.3 Å². The number of anilines is 2. The molecule has 3 heterocycles. The van der Waals surface area contributed by atoms with Crippen molar-refractivity contribution in [3.05, 3.63) is 70.8 Å². The quantitative estimate of drug-likeness (QED) is 0.635. The largest absolute Gasteiger partial charge is 0.369 e. The fraction of sp³-hybridized carbons (Fsp3) is 0.346. The molecule has 166 valence electrons. The Morgan fingerprint density at radius 3 is 2.22 bits per heavy atom. The lowest BCUT2D eigenvalue weighted by molar-refractivity contribution is 0.102. The Labute approximate surface area is 189 Å². The SMILES string of the molecule is Cc1cc(C)cc(-c2cncc(NC(=O)c3cc(C)nc(C)c3)c2N2CCC(N)CC2)c1. The highest BCUT2D eigenvalue weighted by atomic mass is 16.1. The lowest BCUT2D eigenvalue weighted by Gasteiger charge is -2.34. The van der Waals surface area contributed by atoms with Crippen LogP contribution in [-0.4, -0.2) is 35.0 Å². The number of carbonyl (C=O) groups is 1. The van der Waals surface area contributed by atoms with Gasteiger partial charge in [-0.3, -0.25) is 14.8 Å². The molecule has 1 fully saturated rings. The minimum absolute atomic E-state index is 0.159. The summed E-state index contributed by atoms with van der Waals surface area (Å²) >= 11 is 0. The van der Waals surface area contributed by atoms with Crippen LogP contribution in [-0.2, 0) is 0 Å². The molecule has 1 aliphatic rings. The van der Waals surface area contributed by atoms with Crippen LogP contribution in [0.3, 0.4) is 0 Å². The third-order valence-electron chi connectivity index (χ3n) is 5.90. The van der Waals surface area contributed by atoms with Crippen LogP contribution < -0.4 is 16.0 Å². The van der Waals surface area contributed by atoms with E-state index in [1.807, 2.05) is 32.2 Å². The summed E-state index contributed by atoms with van der Waals surface area (Å²) in [6, 6.07) is 10.3. The molecule has 0 unspecified atom stereocenters. The van der Waals surface area contributed by atoms with Crippen LogP contribution >= 0.6 is 0 Å². The number of amides is 1. The number of aryl methyl sites for hydroxylation is 4. The number of pyridine rings is 2. The van der Waals surface area contributed by atoms with Gasteiger partial charge in [0, 0.05) is 47.8 Å². The molecular formula is C26H31N5O. The molecule has 6 heteroatoms. The number of hydrogen-bond donors (Lipinski definition) is 2. The topological polar surface area (TPSA) is 84.1 Å². The van der Waals surface area contributed by atoms with Gasteiger partial charge in [-0.2, -0.15) is 0 Å². The van der Waals surface area contributed by atoms with E-state index in [-0.39, 0.29) is 11.9 Å². The zero-order chi connectivity index (χ0) is 22.8. The van der Waals surface area contributed by atoms with Crippen molar-refractivity contribution >= 4 is 17.3 Å². The van der Waals surface area contributed by atoms with Crippen LogP contribution in [0.2, 0.25) is 0 Å². The molecule has 0 spiro atoms. The fourth-order valence-electron chi connectivity index (χ4n) is 4.51. The molecule has 32 heavy (non-hydrogen) atoms. The molecule has 0 atom stereocenters. The number of hydrogen-bond acceptors (Lipinski definition) is 5. The smallest absolute Gasteiger partial charge is 0.255 e. The highest BCUT2D eigenvalue weighted by molar-refractivity contribution is 6.07. The number of rotatable bonds is 4. The van der Waals surface area contributed by atoms with Crippen molar-refractivity contribution in [2.45, 2.75) is 46.6 Å². The molecule has 0 saturated carbocycles. The first-order valence-electron chi connectivity index (χ1n) is 11.1. The second-order valence-electron chi connectivity index (χ2n) is 8.88. The first kappa shape index (κ1) is 22.0. The lowest BCUT2D eigenvalue weighted by Crippen LogP contribution is -2.40. The van der Waals surface area contributed by atoms with Gasteiger partial charge in [0.15, 0.2) is 0 Å². The monoisotopic (exact) mass is 429 g/mol. The predicted molar refractivity (Wildman–Crippen MR) is 130 cm³/mol. The van der Waals surface area contributed by atoms with Crippen molar-refractivity contribution < 1.29 is 4.79 Å². The maximum absolute atomic E-state index is 13.2. The van der Waals surface area contributed by atoms with Gasteiger partial charge in [-0.05, 0) is 58.2 Å².